The highest BCUT2D eigenvalue weighted by atomic mass is 32.2. The summed E-state index contributed by atoms with van der Waals surface area (Å²) in [6.45, 7) is 5.02. The minimum absolute atomic E-state index is 0.0451. The molecular formula is C10H14N2O4S. The van der Waals surface area contributed by atoms with Gasteiger partial charge >= 0.3 is 10.0 Å². The minimum atomic E-state index is -4.01. The lowest BCUT2D eigenvalue weighted by Gasteiger charge is -2.05. The Morgan fingerprint density at radius 2 is 1.82 bits per heavy atom. The number of rotatable bonds is 4. The fraction of sp³-hybridized carbons (Fsp3) is 0.400. The Morgan fingerprint density at radius 3 is 2.29 bits per heavy atom. The third-order valence-corrected chi connectivity index (χ3v) is 3.01. The number of benzene rings is 1. The van der Waals surface area contributed by atoms with Crippen LogP contribution in [0.4, 0.5) is 0 Å². The van der Waals surface area contributed by atoms with E-state index >= 15 is 0 Å². The van der Waals surface area contributed by atoms with Crippen molar-refractivity contribution in [2.24, 2.45) is 4.52 Å². The van der Waals surface area contributed by atoms with Crippen molar-refractivity contribution < 1.29 is 18.3 Å². The zero-order valence-electron chi connectivity index (χ0n) is 9.82. The van der Waals surface area contributed by atoms with Crippen LogP contribution in [0.5, 0.6) is 0 Å². The van der Waals surface area contributed by atoms with Gasteiger partial charge in [0, 0.05) is 0 Å². The third kappa shape index (κ3) is 4.03. The molecule has 0 saturated heterocycles. The lowest BCUT2D eigenvalue weighted by Crippen LogP contribution is -2.12. The fourth-order valence-electron chi connectivity index (χ4n) is 1.04. The van der Waals surface area contributed by atoms with Gasteiger partial charge in [-0.1, -0.05) is 17.7 Å². The zero-order chi connectivity index (χ0) is 13.1. The number of nitrogens with zero attached hydrogens (tertiary/aromatic N) is 2. The molecule has 0 radical (unpaired) electrons. The van der Waals surface area contributed by atoms with E-state index in [0.29, 0.717) is 0 Å². The molecule has 7 heteroatoms. The highest BCUT2D eigenvalue weighted by Gasteiger charge is 2.18. The van der Waals surface area contributed by atoms with Crippen molar-refractivity contribution in [1.82, 2.24) is 0 Å². The number of aryl methyl sites for hydroxylation is 1. The molecule has 0 atom stereocenters. The number of hydrogen-bond donors (Lipinski definition) is 0. The van der Waals surface area contributed by atoms with E-state index in [1.165, 1.54) is 12.1 Å². The molecule has 0 N–H and O–H groups in total. The van der Waals surface area contributed by atoms with Crippen LogP contribution < -0.4 is 0 Å². The van der Waals surface area contributed by atoms with E-state index in [9.17, 15) is 13.6 Å². The smallest absolute Gasteiger partial charge is 0.342 e. The molecule has 0 fully saturated rings. The maximum Gasteiger partial charge on any atom is 0.342 e. The third-order valence-electron chi connectivity index (χ3n) is 1.79. The molecule has 0 aliphatic rings. The van der Waals surface area contributed by atoms with Crippen LogP contribution in [0.15, 0.2) is 33.7 Å². The summed E-state index contributed by atoms with van der Waals surface area (Å²) in [6, 6.07) is 6.02. The molecule has 0 bridgehead atoms. The van der Waals surface area contributed by atoms with E-state index < -0.39 is 16.1 Å². The summed E-state index contributed by atoms with van der Waals surface area (Å²) >= 11 is 0. The van der Waals surface area contributed by atoms with E-state index in [0.717, 1.165) is 5.56 Å². The van der Waals surface area contributed by atoms with Crippen LogP contribution in [0.2, 0.25) is 0 Å². The van der Waals surface area contributed by atoms with Gasteiger partial charge in [0.25, 0.3) is 0 Å². The Labute approximate surface area is 100 Å². The lowest BCUT2D eigenvalue weighted by atomic mass is 10.2. The van der Waals surface area contributed by atoms with Crippen LogP contribution in [0, 0.1) is 12.1 Å². The number of sulfonamides is 1. The second-order valence-corrected chi connectivity index (χ2v) is 5.35. The summed E-state index contributed by atoms with van der Waals surface area (Å²) in [4.78, 5) is 4.52. The molecule has 0 amide bonds. The molecule has 1 aromatic rings. The first-order chi connectivity index (χ1) is 7.81. The highest BCUT2D eigenvalue weighted by Crippen LogP contribution is 2.13. The summed E-state index contributed by atoms with van der Waals surface area (Å²) in [5, 5.41) is 10.8. The van der Waals surface area contributed by atoms with Gasteiger partial charge in [-0.05, 0) is 32.9 Å². The van der Waals surface area contributed by atoms with Crippen molar-refractivity contribution in [3.63, 3.8) is 0 Å². The molecule has 0 aliphatic heterocycles. The van der Waals surface area contributed by atoms with Crippen molar-refractivity contribution in [3.05, 3.63) is 35.0 Å². The highest BCUT2D eigenvalue weighted by molar-refractivity contribution is 7.89. The van der Waals surface area contributed by atoms with Gasteiger partial charge in [0.2, 0.25) is 0 Å². The Hall–Kier alpha value is -1.63. The van der Waals surface area contributed by atoms with Crippen molar-refractivity contribution >= 4 is 10.0 Å². The van der Waals surface area contributed by atoms with Gasteiger partial charge in [-0.3, -0.25) is 0 Å². The van der Waals surface area contributed by atoms with Crippen molar-refractivity contribution in [1.29, 1.82) is 0 Å². The molecule has 0 unspecified atom stereocenters. The molecule has 0 aliphatic carbocycles. The molecule has 0 aromatic heterocycles. The monoisotopic (exact) mass is 258 g/mol. The van der Waals surface area contributed by atoms with Gasteiger partial charge in [-0.2, -0.15) is 8.42 Å². The van der Waals surface area contributed by atoms with E-state index in [-0.39, 0.29) is 9.92 Å². The Kier molecular flexibility index (Phi) is 4.06. The molecule has 1 aromatic carbocycles. The van der Waals surface area contributed by atoms with Gasteiger partial charge in [-0.25, -0.2) is 5.21 Å². The van der Waals surface area contributed by atoms with Gasteiger partial charge in [0.05, 0.1) is 11.0 Å². The summed E-state index contributed by atoms with van der Waals surface area (Å²) in [6.07, 6.45) is -0.440. The molecule has 0 saturated carbocycles. The van der Waals surface area contributed by atoms with Gasteiger partial charge in [0.1, 0.15) is 0 Å². The van der Waals surface area contributed by atoms with Crippen LogP contribution in [-0.4, -0.2) is 19.5 Å². The van der Waals surface area contributed by atoms with Gasteiger partial charge in [-0.15, -0.1) is 0 Å². The molecule has 94 valence electrons. The largest absolute Gasteiger partial charge is 0.377 e. The van der Waals surface area contributed by atoms with E-state index in [2.05, 4.69) is 9.36 Å². The predicted molar refractivity (Wildman–Crippen MR) is 60.6 cm³/mol. The van der Waals surface area contributed by atoms with Crippen molar-refractivity contribution in [2.75, 3.05) is 0 Å². The Bertz CT molecular complexity index is 506. The molecule has 1 rings (SSSR count). The van der Waals surface area contributed by atoms with Gasteiger partial charge in [0.15, 0.2) is 9.54 Å². The predicted octanol–water partition coefficient (Wildman–Crippen LogP) is 1.99. The minimum Gasteiger partial charge on any atom is -0.377 e. The summed E-state index contributed by atoms with van der Waals surface area (Å²) in [5.74, 6) is 0. The molecule has 0 spiro atoms. The fourth-order valence-corrected chi connectivity index (χ4v) is 1.83. The summed E-state index contributed by atoms with van der Waals surface area (Å²) in [5.41, 5.74) is 0.918. The first kappa shape index (κ1) is 13.4. The van der Waals surface area contributed by atoms with Crippen LogP contribution in [-0.2, 0) is 14.9 Å². The number of hydrogen-bond acceptors (Lipinski definition) is 4. The summed E-state index contributed by atoms with van der Waals surface area (Å²) in [7, 11) is -4.01. The lowest BCUT2D eigenvalue weighted by molar-refractivity contribution is -0.793. The topological polar surface area (TPSA) is 81.8 Å². The Balaban J connectivity index is 3.00. The first-order valence-electron chi connectivity index (χ1n) is 5.00. The van der Waals surface area contributed by atoms with Crippen molar-refractivity contribution in [2.45, 2.75) is 31.8 Å². The van der Waals surface area contributed by atoms with Crippen LogP contribution in [0.25, 0.3) is 0 Å². The average Bonchev–Trinajstić information content (AvgIpc) is 2.15. The van der Waals surface area contributed by atoms with Crippen molar-refractivity contribution in [3.8, 4) is 0 Å². The second kappa shape index (κ2) is 5.13. The van der Waals surface area contributed by atoms with Crippen LogP contribution in [0.3, 0.4) is 0 Å². The maximum atomic E-state index is 11.6. The van der Waals surface area contributed by atoms with Gasteiger partial charge < -0.3 is 4.84 Å². The zero-order valence-corrected chi connectivity index (χ0v) is 10.6. The maximum absolute atomic E-state index is 11.6. The quantitative estimate of drug-likeness (QED) is 0.610. The second-order valence-electron chi connectivity index (χ2n) is 3.76. The molecular weight excluding hydrogens is 244 g/mol. The Morgan fingerprint density at radius 1 is 1.29 bits per heavy atom. The van der Waals surface area contributed by atoms with E-state index in [1.54, 1.807) is 26.0 Å². The summed E-state index contributed by atoms with van der Waals surface area (Å²) < 4.78 is 26.3. The van der Waals surface area contributed by atoms with Crippen LogP contribution in [0.1, 0.15) is 19.4 Å². The normalized spacial score (nSPS) is 12.8. The van der Waals surface area contributed by atoms with E-state index in [4.69, 9.17) is 0 Å². The molecule has 6 nitrogen and oxygen atoms in total. The standard InChI is InChI=1S/C10H14N2O4S/c1-8(2)16-12(13)11-17(14,15)10-6-4-9(3)5-7-10/h4-8H,1-3H3/b12-11+. The average molecular weight is 258 g/mol. The molecule has 17 heavy (non-hydrogen) atoms. The van der Waals surface area contributed by atoms with Crippen LogP contribution >= 0.6 is 0 Å². The first-order valence-corrected chi connectivity index (χ1v) is 6.44. The van der Waals surface area contributed by atoms with E-state index in [1.807, 2.05) is 6.92 Å². The SMILES string of the molecule is Cc1ccc(S(=O)(=O)/N=[N+](\[O-])OC(C)C)cc1. The molecule has 0 heterocycles.